The number of para-hydroxylation sites is 3. The van der Waals surface area contributed by atoms with Gasteiger partial charge >= 0.3 is 0 Å². The van der Waals surface area contributed by atoms with Gasteiger partial charge in [-0.2, -0.15) is 0 Å². The molecule has 3 heteroatoms. The number of benzene rings is 6. The number of rotatable bonds is 2. The number of hydrogen-bond donors (Lipinski definition) is 0. The first-order chi connectivity index (χ1) is 19.4. The molecular formula is C36H21NO2. The summed E-state index contributed by atoms with van der Waals surface area (Å²) < 4.78 is 15.6. The molecule has 0 saturated heterocycles. The van der Waals surface area contributed by atoms with Crippen LogP contribution in [0.4, 0.5) is 0 Å². The van der Waals surface area contributed by atoms with E-state index >= 15 is 0 Å². The van der Waals surface area contributed by atoms with Crippen LogP contribution in [0.15, 0.2) is 136 Å². The minimum Gasteiger partial charge on any atom is -0.455 e. The lowest BCUT2D eigenvalue weighted by molar-refractivity contribution is 0.665. The van der Waals surface area contributed by atoms with Gasteiger partial charge in [-0.15, -0.1) is 0 Å². The number of aromatic nitrogens is 1. The minimum atomic E-state index is 0.866. The molecule has 0 fully saturated rings. The summed E-state index contributed by atoms with van der Waals surface area (Å²) >= 11 is 0. The number of furan rings is 2. The van der Waals surface area contributed by atoms with E-state index in [1.807, 2.05) is 18.2 Å². The third kappa shape index (κ3) is 2.76. The van der Waals surface area contributed by atoms with Crippen LogP contribution in [0.1, 0.15) is 0 Å². The summed E-state index contributed by atoms with van der Waals surface area (Å²) in [5, 5.41) is 6.60. The van der Waals surface area contributed by atoms with Crippen LogP contribution < -0.4 is 0 Å². The molecule has 9 rings (SSSR count). The number of nitrogens with zero attached hydrogens (tertiary/aromatic N) is 1. The Bertz CT molecular complexity index is 2340. The third-order valence-corrected chi connectivity index (χ3v) is 7.99. The summed E-state index contributed by atoms with van der Waals surface area (Å²) in [6.45, 7) is 0. The molecule has 0 aliphatic heterocycles. The molecule has 39 heavy (non-hydrogen) atoms. The van der Waals surface area contributed by atoms with Crippen molar-refractivity contribution >= 4 is 65.7 Å². The Hall–Kier alpha value is -5.28. The van der Waals surface area contributed by atoms with Crippen molar-refractivity contribution in [3.05, 3.63) is 127 Å². The average Bonchev–Trinajstić information content (AvgIpc) is 3.67. The van der Waals surface area contributed by atoms with E-state index in [2.05, 4.69) is 114 Å². The Labute approximate surface area is 223 Å². The second kappa shape index (κ2) is 7.62. The van der Waals surface area contributed by atoms with E-state index in [1.54, 1.807) is 0 Å². The molecule has 0 unspecified atom stereocenters. The van der Waals surface area contributed by atoms with Crippen molar-refractivity contribution in [2.75, 3.05) is 0 Å². The molecule has 3 heterocycles. The summed E-state index contributed by atoms with van der Waals surface area (Å²) in [5.74, 6) is 0. The number of hydrogen-bond acceptors (Lipinski definition) is 2. The maximum Gasteiger partial charge on any atom is 0.149 e. The van der Waals surface area contributed by atoms with Gasteiger partial charge in [0.15, 0.2) is 0 Å². The molecular weight excluding hydrogens is 478 g/mol. The maximum atomic E-state index is 6.63. The molecule has 0 atom stereocenters. The Morgan fingerprint density at radius 3 is 1.62 bits per heavy atom. The van der Waals surface area contributed by atoms with Crippen LogP contribution in [0.3, 0.4) is 0 Å². The fraction of sp³-hybridized carbons (Fsp3) is 0. The van der Waals surface area contributed by atoms with Gasteiger partial charge in [-0.05, 0) is 41.5 Å². The normalized spacial score (nSPS) is 12.1. The van der Waals surface area contributed by atoms with Crippen molar-refractivity contribution in [2.24, 2.45) is 0 Å². The number of fused-ring (bicyclic) bond motifs is 12. The van der Waals surface area contributed by atoms with Gasteiger partial charge in [0.2, 0.25) is 0 Å². The molecule has 3 nitrogen and oxygen atoms in total. The Morgan fingerprint density at radius 1 is 0.410 bits per heavy atom. The summed E-state index contributed by atoms with van der Waals surface area (Å²) in [6, 6.07) is 44.5. The van der Waals surface area contributed by atoms with E-state index in [1.165, 1.54) is 11.1 Å². The summed E-state index contributed by atoms with van der Waals surface area (Å²) in [5.41, 5.74) is 9.23. The predicted octanol–water partition coefficient (Wildman–Crippen LogP) is 10.2. The van der Waals surface area contributed by atoms with Crippen LogP contribution >= 0.6 is 0 Å². The zero-order valence-electron chi connectivity index (χ0n) is 20.9. The van der Waals surface area contributed by atoms with Crippen molar-refractivity contribution in [3.8, 4) is 16.8 Å². The van der Waals surface area contributed by atoms with Gasteiger partial charge in [-0.1, -0.05) is 97.1 Å². The fourth-order valence-electron chi connectivity index (χ4n) is 6.31. The first kappa shape index (κ1) is 20.7. The largest absolute Gasteiger partial charge is 0.455 e. The third-order valence-electron chi connectivity index (χ3n) is 7.99. The highest BCUT2D eigenvalue weighted by Crippen LogP contribution is 2.48. The summed E-state index contributed by atoms with van der Waals surface area (Å²) in [7, 11) is 0. The molecule has 0 saturated carbocycles. The molecule has 9 aromatic rings. The second-order valence-electron chi connectivity index (χ2n) is 10.1. The molecule has 3 aromatic heterocycles. The maximum absolute atomic E-state index is 6.63. The molecule has 182 valence electrons. The molecule has 0 amide bonds. The van der Waals surface area contributed by atoms with Crippen LogP contribution in [-0.4, -0.2) is 4.57 Å². The van der Waals surface area contributed by atoms with Crippen LogP contribution in [-0.2, 0) is 0 Å². The Kier molecular flexibility index (Phi) is 4.05. The van der Waals surface area contributed by atoms with Gasteiger partial charge in [-0.3, -0.25) is 0 Å². The topological polar surface area (TPSA) is 31.2 Å². The molecule has 6 aromatic carbocycles. The lowest BCUT2D eigenvalue weighted by atomic mass is 10.0. The van der Waals surface area contributed by atoms with Crippen molar-refractivity contribution in [2.45, 2.75) is 0 Å². The molecule has 0 aliphatic carbocycles. The highest BCUT2D eigenvalue weighted by atomic mass is 16.3. The van der Waals surface area contributed by atoms with Gasteiger partial charge in [0.1, 0.15) is 22.3 Å². The first-order valence-electron chi connectivity index (χ1n) is 13.2. The minimum absolute atomic E-state index is 0.866. The van der Waals surface area contributed by atoms with Crippen LogP contribution in [0.5, 0.6) is 0 Å². The molecule has 0 aliphatic rings. The van der Waals surface area contributed by atoms with Gasteiger partial charge in [0.25, 0.3) is 0 Å². The first-order valence-corrected chi connectivity index (χ1v) is 13.2. The van der Waals surface area contributed by atoms with Gasteiger partial charge in [-0.25, -0.2) is 0 Å². The van der Waals surface area contributed by atoms with E-state index in [0.717, 1.165) is 71.4 Å². The van der Waals surface area contributed by atoms with Gasteiger partial charge in [0, 0.05) is 21.8 Å². The van der Waals surface area contributed by atoms with E-state index in [9.17, 15) is 0 Å². The summed E-state index contributed by atoms with van der Waals surface area (Å²) in [4.78, 5) is 0. The highest BCUT2D eigenvalue weighted by Gasteiger charge is 2.26. The van der Waals surface area contributed by atoms with Crippen molar-refractivity contribution in [1.82, 2.24) is 4.57 Å². The monoisotopic (exact) mass is 499 g/mol. The zero-order chi connectivity index (χ0) is 25.5. The van der Waals surface area contributed by atoms with Crippen molar-refractivity contribution in [1.29, 1.82) is 0 Å². The lowest BCUT2D eigenvalue weighted by Gasteiger charge is -2.10. The van der Waals surface area contributed by atoms with E-state index in [-0.39, 0.29) is 0 Å². The van der Waals surface area contributed by atoms with E-state index in [4.69, 9.17) is 8.83 Å². The van der Waals surface area contributed by atoms with Crippen molar-refractivity contribution < 1.29 is 8.83 Å². The standard InChI is InChI=1S/C36H21NO2/c1-2-10-22(11-3-1)23-18-20-24(21-19-23)37-28-15-7-4-12-25(28)31-34(37)32-26-13-5-8-16-29(26)38-36(32)33-27-14-6-9-17-30(27)39-35(31)33/h1-21H. The molecule has 0 spiro atoms. The van der Waals surface area contributed by atoms with Crippen molar-refractivity contribution in [3.63, 3.8) is 0 Å². The smallest absolute Gasteiger partial charge is 0.149 e. The SMILES string of the molecule is c1ccc(-c2ccc(-n3c4ccccc4c4c5oc6ccccc6c5c5oc6ccccc6c5c43)cc2)cc1. The van der Waals surface area contributed by atoms with Crippen LogP contribution in [0.25, 0.3) is 82.5 Å². The van der Waals surface area contributed by atoms with Gasteiger partial charge < -0.3 is 13.4 Å². The Morgan fingerprint density at radius 2 is 0.923 bits per heavy atom. The van der Waals surface area contributed by atoms with Gasteiger partial charge in [0.05, 0.1) is 27.2 Å². The molecule has 0 N–H and O–H groups in total. The van der Waals surface area contributed by atoms with E-state index < -0.39 is 0 Å². The second-order valence-corrected chi connectivity index (χ2v) is 10.1. The predicted molar refractivity (Wildman–Crippen MR) is 161 cm³/mol. The molecule has 0 bridgehead atoms. The van der Waals surface area contributed by atoms with Crippen LogP contribution in [0, 0.1) is 0 Å². The molecule has 0 radical (unpaired) electrons. The van der Waals surface area contributed by atoms with E-state index in [0.29, 0.717) is 0 Å². The zero-order valence-corrected chi connectivity index (χ0v) is 20.9. The highest BCUT2D eigenvalue weighted by molar-refractivity contribution is 6.37. The average molecular weight is 500 g/mol. The van der Waals surface area contributed by atoms with Crippen LogP contribution in [0.2, 0.25) is 0 Å². The summed E-state index contributed by atoms with van der Waals surface area (Å²) in [6.07, 6.45) is 0. The lowest BCUT2D eigenvalue weighted by Crippen LogP contribution is -1.94. The Balaban J connectivity index is 1.50. The quantitative estimate of drug-likeness (QED) is 0.237. The fourth-order valence-corrected chi connectivity index (χ4v) is 6.31.